The minimum Gasteiger partial charge on any atom is -0.297 e. The second-order valence-electron chi connectivity index (χ2n) is 4.79. The fourth-order valence-electron chi connectivity index (χ4n) is 2.46. The van der Waals surface area contributed by atoms with E-state index >= 15 is 0 Å². The van der Waals surface area contributed by atoms with Crippen LogP contribution in [-0.2, 0) is 19.3 Å². The molecule has 0 fully saturated rings. The van der Waals surface area contributed by atoms with Gasteiger partial charge in [-0.25, -0.2) is 14.3 Å². The number of hydrogen-bond acceptors (Lipinski definition) is 4. The number of rotatable bonds is 2. The van der Waals surface area contributed by atoms with Crippen LogP contribution >= 0.6 is 22.9 Å². The smallest absolute Gasteiger partial charge is 0.297 e. The number of aromatic amines is 1. The molecule has 0 unspecified atom stereocenters. The van der Waals surface area contributed by atoms with Crippen LogP contribution in [0.2, 0.25) is 5.15 Å². The van der Waals surface area contributed by atoms with Gasteiger partial charge >= 0.3 is 5.69 Å². The number of halogens is 1. The minimum absolute atomic E-state index is 0.125. The molecule has 2 aromatic rings. The molecule has 0 aromatic carbocycles. The molecule has 0 bridgehead atoms. The first-order valence-corrected chi connectivity index (χ1v) is 7.84. The third kappa shape index (κ3) is 2.13. The van der Waals surface area contributed by atoms with Crippen molar-refractivity contribution in [2.75, 3.05) is 0 Å². The molecule has 2 heterocycles. The maximum Gasteiger partial charge on any atom is 0.336 e. The fraction of sp³-hybridized carbons (Fsp3) is 0.462. The van der Waals surface area contributed by atoms with Gasteiger partial charge in [-0.05, 0) is 32.1 Å². The number of fused-ring (bicyclic) bond motifs is 1. The maximum atomic E-state index is 12.4. The highest BCUT2D eigenvalue weighted by Crippen LogP contribution is 2.27. The van der Waals surface area contributed by atoms with Gasteiger partial charge in [-0.3, -0.25) is 9.78 Å². The highest BCUT2D eigenvalue weighted by molar-refractivity contribution is 7.14. The summed E-state index contributed by atoms with van der Waals surface area (Å²) < 4.78 is 1.10. The summed E-state index contributed by atoms with van der Waals surface area (Å²) >= 11 is 7.34. The molecule has 0 saturated heterocycles. The van der Waals surface area contributed by atoms with Crippen LogP contribution < -0.4 is 11.2 Å². The van der Waals surface area contributed by atoms with Crippen molar-refractivity contribution in [3.8, 4) is 5.13 Å². The number of H-pyrrole nitrogens is 1. The van der Waals surface area contributed by atoms with Gasteiger partial charge in [0.05, 0.1) is 11.3 Å². The van der Waals surface area contributed by atoms with Crippen molar-refractivity contribution in [1.82, 2.24) is 14.5 Å². The molecule has 3 rings (SSSR count). The predicted octanol–water partition coefficient (Wildman–Crippen LogP) is 2.08. The fourth-order valence-corrected chi connectivity index (χ4v) is 3.90. The van der Waals surface area contributed by atoms with E-state index in [-0.39, 0.29) is 10.7 Å². The number of thiazole rings is 1. The van der Waals surface area contributed by atoms with E-state index in [2.05, 4.69) is 9.97 Å². The van der Waals surface area contributed by atoms with Gasteiger partial charge in [-0.2, -0.15) is 0 Å². The Bertz CT molecular complexity index is 751. The molecule has 0 radical (unpaired) electrons. The molecule has 20 heavy (non-hydrogen) atoms. The molecule has 5 nitrogen and oxygen atoms in total. The highest BCUT2D eigenvalue weighted by atomic mass is 35.5. The summed E-state index contributed by atoms with van der Waals surface area (Å²) in [5.41, 5.74) is 0.547. The van der Waals surface area contributed by atoms with Gasteiger partial charge in [0, 0.05) is 4.88 Å². The first-order chi connectivity index (χ1) is 9.61. The van der Waals surface area contributed by atoms with E-state index in [1.165, 1.54) is 16.2 Å². The zero-order chi connectivity index (χ0) is 14.3. The predicted molar refractivity (Wildman–Crippen MR) is 79.4 cm³/mol. The van der Waals surface area contributed by atoms with Gasteiger partial charge in [0.15, 0.2) is 0 Å². The Morgan fingerprint density at radius 1 is 1.35 bits per heavy atom. The number of aromatic nitrogens is 3. The van der Waals surface area contributed by atoms with E-state index in [1.54, 1.807) is 0 Å². The number of hydrogen-bond donors (Lipinski definition) is 1. The molecule has 106 valence electrons. The summed E-state index contributed by atoms with van der Waals surface area (Å²) in [5, 5.41) is 0.578. The van der Waals surface area contributed by atoms with Gasteiger partial charge in [-0.15, -0.1) is 11.3 Å². The molecule has 0 saturated carbocycles. The van der Waals surface area contributed by atoms with Crippen molar-refractivity contribution in [1.29, 1.82) is 0 Å². The van der Waals surface area contributed by atoms with Gasteiger partial charge in [0.25, 0.3) is 5.56 Å². The quantitative estimate of drug-likeness (QED) is 0.863. The Morgan fingerprint density at radius 2 is 2.10 bits per heavy atom. The lowest BCUT2D eigenvalue weighted by Gasteiger charge is -2.06. The van der Waals surface area contributed by atoms with E-state index in [1.807, 2.05) is 6.92 Å². The molecule has 2 aromatic heterocycles. The molecular weight excluding hydrogens is 298 g/mol. The number of aryl methyl sites for hydroxylation is 2. The van der Waals surface area contributed by atoms with Crippen LogP contribution in [0.4, 0.5) is 0 Å². The lowest BCUT2D eigenvalue weighted by molar-refractivity contribution is 0.680. The third-order valence-corrected chi connectivity index (χ3v) is 4.99. The van der Waals surface area contributed by atoms with E-state index < -0.39 is 5.69 Å². The summed E-state index contributed by atoms with van der Waals surface area (Å²) in [6, 6.07) is 0. The lowest BCUT2D eigenvalue weighted by Crippen LogP contribution is -2.36. The second-order valence-corrected chi connectivity index (χ2v) is 6.23. The third-order valence-electron chi connectivity index (χ3n) is 3.53. The monoisotopic (exact) mass is 311 g/mol. The second kappa shape index (κ2) is 5.18. The van der Waals surface area contributed by atoms with Crippen LogP contribution in [0.25, 0.3) is 5.13 Å². The Kier molecular flexibility index (Phi) is 3.52. The first kappa shape index (κ1) is 13.6. The zero-order valence-electron chi connectivity index (χ0n) is 11.0. The molecule has 0 aliphatic heterocycles. The summed E-state index contributed by atoms with van der Waals surface area (Å²) in [5.74, 6) is 0. The van der Waals surface area contributed by atoms with E-state index in [9.17, 15) is 9.59 Å². The molecule has 1 aliphatic carbocycles. The largest absolute Gasteiger partial charge is 0.336 e. The summed E-state index contributed by atoms with van der Waals surface area (Å²) in [6.45, 7) is 1.83. The Hall–Kier alpha value is -1.40. The Labute approximate surface area is 124 Å². The first-order valence-electron chi connectivity index (χ1n) is 6.64. The van der Waals surface area contributed by atoms with Crippen molar-refractivity contribution in [2.24, 2.45) is 0 Å². The van der Waals surface area contributed by atoms with Gasteiger partial charge in [0.2, 0.25) is 5.13 Å². The van der Waals surface area contributed by atoms with E-state index in [4.69, 9.17) is 11.6 Å². The SMILES string of the molecule is CCc1c(Cl)[nH]c(=O)n(-c2nc3c(s2)CCCC3)c1=O. The summed E-state index contributed by atoms with van der Waals surface area (Å²) in [4.78, 5) is 32.6. The van der Waals surface area contributed by atoms with E-state index in [0.717, 1.165) is 35.9 Å². The van der Waals surface area contributed by atoms with Crippen LogP contribution in [0, 0.1) is 0 Å². The van der Waals surface area contributed by atoms with Gasteiger partial charge < -0.3 is 0 Å². The topological polar surface area (TPSA) is 67.8 Å². The van der Waals surface area contributed by atoms with Crippen LogP contribution in [0.3, 0.4) is 0 Å². The standard InChI is InChI=1S/C13H14ClN3O2S/c1-2-7-10(14)16-12(19)17(11(7)18)13-15-8-5-3-4-6-9(8)20-13/h2-6H2,1H3,(H,16,19). The van der Waals surface area contributed by atoms with Crippen molar-refractivity contribution >= 4 is 22.9 Å². The van der Waals surface area contributed by atoms with Crippen LogP contribution in [0.15, 0.2) is 9.59 Å². The van der Waals surface area contributed by atoms with Crippen LogP contribution in [0.1, 0.15) is 35.9 Å². The molecule has 7 heteroatoms. The number of nitrogens with one attached hydrogen (secondary N) is 1. The average Bonchev–Trinajstić information content (AvgIpc) is 2.81. The summed E-state index contributed by atoms with van der Waals surface area (Å²) in [7, 11) is 0. The van der Waals surface area contributed by atoms with Gasteiger partial charge in [0.1, 0.15) is 5.15 Å². The van der Waals surface area contributed by atoms with Crippen molar-refractivity contribution in [2.45, 2.75) is 39.0 Å². The highest BCUT2D eigenvalue weighted by Gasteiger charge is 2.19. The lowest BCUT2D eigenvalue weighted by atomic mass is 10.0. The molecule has 0 spiro atoms. The van der Waals surface area contributed by atoms with Crippen LogP contribution in [0.5, 0.6) is 0 Å². The van der Waals surface area contributed by atoms with Crippen LogP contribution in [-0.4, -0.2) is 14.5 Å². The maximum absolute atomic E-state index is 12.4. The average molecular weight is 312 g/mol. The normalized spacial score (nSPS) is 14.3. The minimum atomic E-state index is -0.525. The zero-order valence-corrected chi connectivity index (χ0v) is 12.6. The molecule has 0 amide bonds. The Morgan fingerprint density at radius 3 is 2.80 bits per heavy atom. The van der Waals surface area contributed by atoms with Crippen molar-refractivity contribution in [3.63, 3.8) is 0 Å². The molecule has 0 atom stereocenters. The van der Waals surface area contributed by atoms with Crippen molar-refractivity contribution < 1.29 is 0 Å². The molecule has 1 N–H and O–H groups in total. The van der Waals surface area contributed by atoms with Crippen molar-refractivity contribution in [3.05, 3.63) is 42.1 Å². The van der Waals surface area contributed by atoms with E-state index in [0.29, 0.717) is 17.1 Å². The Balaban J connectivity index is 2.22. The number of nitrogens with zero attached hydrogens (tertiary/aromatic N) is 2. The van der Waals surface area contributed by atoms with Gasteiger partial charge in [-0.1, -0.05) is 18.5 Å². The molecular formula is C13H14ClN3O2S. The summed E-state index contributed by atoms with van der Waals surface area (Å²) in [6.07, 6.45) is 4.63. The molecule has 1 aliphatic rings.